The van der Waals surface area contributed by atoms with E-state index in [1.807, 2.05) is 0 Å². The van der Waals surface area contributed by atoms with E-state index in [4.69, 9.17) is 21.1 Å². The Morgan fingerprint density at radius 1 is 0.815 bits per heavy atom. The van der Waals surface area contributed by atoms with Crippen LogP contribution in [0.4, 0.5) is 11.9 Å². The van der Waals surface area contributed by atoms with Gasteiger partial charge in [0.15, 0.2) is 0 Å². The Balaban J connectivity index is 2.47. The van der Waals surface area contributed by atoms with Crippen molar-refractivity contribution in [3.63, 3.8) is 0 Å². The normalized spacial score (nSPS) is 11.7. The third kappa shape index (κ3) is 11.2. The SMILES string of the molecule is CC(C)(C)OC(=O)CCNc1nc(Cl)nc(NCCC(=O)OC(C)(C)C)n1. The highest BCUT2D eigenvalue weighted by atomic mass is 35.5. The van der Waals surface area contributed by atoms with Crippen molar-refractivity contribution in [2.24, 2.45) is 0 Å². The highest BCUT2D eigenvalue weighted by Gasteiger charge is 2.17. The zero-order chi connectivity index (χ0) is 20.7. The maximum absolute atomic E-state index is 11.7. The Morgan fingerprint density at radius 2 is 1.19 bits per heavy atom. The number of nitrogens with zero attached hydrogens (tertiary/aromatic N) is 3. The molecule has 1 heterocycles. The standard InChI is InChI=1S/C17H28ClN5O4/c1-16(2,3)26-11(24)7-9-19-14-21-13(18)22-15(23-14)20-10-8-12(25)27-17(4,5)6/h7-10H2,1-6H3,(H2,19,20,21,22,23). The van der Waals surface area contributed by atoms with Gasteiger partial charge in [0.2, 0.25) is 17.2 Å². The fourth-order valence-electron chi connectivity index (χ4n) is 1.85. The third-order valence-electron chi connectivity index (χ3n) is 2.67. The van der Waals surface area contributed by atoms with Gasteiger partial charge in [-0.05, 0) is 53.1 Å². The summed E-state index contributed by atoms with van der Waals surface area (Å²) in [5, 5.41) is 5.78. The molecule has 0 saturated heterocycles. The van der Waals surface area contributed by atoms with Crippen LogP contribution >= 0.6 is 11.6 Å². The molecule has 9 nitrogen and oxygen atoms in total. The van der Waals surface area contributed by atoms with Crippen LogP contribution in [0.5, 0.6) is 0 Å². The van der Waals surface area contributed by atoms with Gasteiger partial charge in [0.1, 0.15) is 11.2 Å². The lowest BCUT2D eigenvalue weighted by Gasteiger charge is -2.19. The molecule has 0 radical (unpaired) electrons. The summed E-state index contributed by atoms with van der Waals surface area (Å²) in [7, 11) is 0. The van der Waals surface area contributed by atoms with E-state index in [1.54, 1.807) is 41.5 Å². The molecular formula is C17H28ClN5O4. The van der Waals surface area contributed by atoms with E-state index >= 15 is 0 Å². The number of halogens is 1. The highest BCUT2D eigenvalue weighted by molar-refractivity contribution is 6.28. The number of hydrogen-bond donors (Lipinski definition) is 2. The first-order valence-electron chi connectivity index (χ1n) is 8.67. The smallest absolute Gasteiger partial charge is 0.308 e. The second-order valence-corrected chi connectivity index (χ2v) is 8.12. The second kappa shape index (κ2) is 9.68. The maximum Gasteiger partial charge on any atom is 0.308 e. The maximum atomic E-state index is 11.7. The molecule has 10 heteroatoms. The molecule has 0 amide bonds. The molecule has 0 spiro atoms. The predicted octanol–water partition coefficient (Wildman–Crippen LogP) is 2.81. The van der Waals surface area contributed by atoms with Crippen LogP contribution < -0.4 is 10.6 Å². The van der Waals surface area contributed by atoms with Gasteiger partial charge in [-0.2, -0.15) is 15.0 Å². The van der Waals surface area contributed by atoms with E-state index in [0.29, 0.717) is 0 Å². The molecule has 0 fully saturated rings. The van der Waals surface area contributed by atoms with Crippen LogP contribution in [0.15, 0.2) is 0 Å². The van der Waals surface area contributed by atoms with Crippen molar-refractivity contribution in [2.75, 3.05) is 23.7 Å². The van der Waals surface area contributed by atoms with Gasteiger partial charge in [0.05, 0.1) is 12.8 Å². The summed E-state index contributed by atoms with van der Waals surface area (Å²) in [5.41, 5.74) is -1.06. The van der Waals surface area contributed by atoms with Crippen LogP contribution in [0, 0.1) is 0 Å². The number of nitrogens with one attached hydrogen (secondary N) is 2. The van der Waals surface area contributed by atoms with Gasteiger partial charge in [-0.25, -0.2) is 0 Å². The van der Waals surface area contributed by atoms with Gasteiger partial charge in [-0.1, -0.05) is 0 Å². The van der Waals surface area contributed by atoms with Crippen molar-refractivity contribution in [3.8, 4) is 0 Å². The van der Waals surface area contributed by atoms with E-state index in [2.05, 4.69) is 25.6 Å². The Labute approximate surface area is 164 Å². The lowest BCUT2D eigenvalue weighted by molar-refractivity contribution is -0.155. The Hall–Kier alpha value is -2.16. The van der Waals surface area contributed by atoms with Crippen molar-refractivity contribution in [2.45, 2.75) is 65.6 Å². The quantitative estimate of drug-likeness (QED) is 0.634. The summed E-state index contributed by atoms with van der Waals surface area (Å²) < 4.78 is 10.4. The van der Waals surface area contributed by atoms with Gasteiger partial charge < -0.3 is 20.1 Å². The van der Waals surface area contributed by atoms with E-state index in [1.165, 1.54) is 0 Å². The first-order valence-corrected chi connectivity index (χ1v) is 9.05. The Bertz CT molecular complexity index is 603. The topological polar surface area (TPSA) is 115 Å². The molecular weight excluding hydrogens is 374 g/mol. The van der Waals surface area contributed by atoms with Crippen molar-refractivity contribution in [1.29, 1.82) is 0 Å². The molecule has 1 aromatic rings. The van der Waals surface area contributed by atoms with E-state index in [-0.39, 0.29) is 55.1 Å². The summed E-state index contributed by atoms with van der Waals surface area (Å²) >= 11 is 5.88. The van der Waals surface area contributed by atoms with Crippen LogP contribution in [0.25, 0.3) is 0 Å². The minimum atomic E-state index is -0.529. The molecule has 0 aromatic carbocycles. The zero-order valence-corrected chi connectivity index (χ0v) is 17.4. The number of aromatic nitrogens is 3. The summed E-state index contributed by atoms with van der Waals surface area (Å²) in [6.45, 7) is 11.4. The number of carbonyl (C=O) groups is 2. The molecule has 0 saturated carbocycles. The van der Waals surface area contributed by atoms with Crippen LogP contribution in [0.1, 0.15) is 54.4 Å². The van der Waals surface area contributed by atoms with E-state index < -0.39 is 11.2 Å². The summed E-state index contributed by atoms with van der Waals surface area (Å²) in [5.74, 6) is -0.214. The molecule has 0 aliphatic heterocycles. The van der Waals surface area contributed by atoms with Crippen LogP contribution in [0.2, 0.25) is 5.28 Å². The molecule has 152 valence electrons. The number of hydrogen-bond acceptors (Lipinski definition) is 9. The fraction of sp³-hybridized carbons (Fsp3) is 0.706. The van der Waals surface area contributed by atoms with E-state index in [9.17, 15) is 9.59 Å². The molecule has 27 heavy (non-hydrogen) atoms. The molecule has 2 N–H and O–H groups in total. The van der Waals surface area contributed by atoms with Crippen molar-refractivity contribution in [3.05, 3.63) is 5.28 Å². The number of rotatable bonds is 8. The largest absolute Gasteiger partial charge is 0.460 e. The first kappa shape index (κ1) is 22.9. The monoisotopic (exact) mass is 401 g/mol. The lowest BCUT2D eigenvalue weighted by atomic mass is 10.2. The fourth-order valence-corrected chi connectivity index (χ4v) is 2.01. The molecule has 0 aliphatic carbocycles. The van der Waals surface area contributed by atoms with Crippen LogP contribution in [-0.4, -0.2) is 51.2 Å². The number of ether oxygens (including phenoxy) is 2. The van der Waals surface area contributed by atoms with Gasteiger partial charge >= 0.3 is 11.9 Å². The zero-order valence-electron chi connectivity index (χ0n) is 16.7. The number of carbonyl (C=O) groups excluding carboxylic acids is 2. The number of esters is 2. The predicted molar refractivity (Wildman–Crippen MR) is 103 cm³/mol. The van der Waals surface area contributed by atoms with Gasteiger partial charge in [0, 0.05) is 13.1 Å². The van der Waals surface area contributed by atoms with Crippen molar-refractivity contribution < 1.29 is 19.1 Å². The summed E-state index contributed by atoms with van der Waals surface area (Å²) in [4.78, 5) is 35.4. The lowest BCUT2D eigenvalue weighted by Crippen LogP contribution is -2.25. The van der Waals surface area contributed by atoms with E-state index in [0.717, 1.165) is 0 Å². The molecule has 0 bridgehead atoms. The Kier molecular flexibility index (Phi) is 8.20. The molecule has 0 unspecified atom stereocenters. The Morgan fingerprint density at radius 3 is 1.52 bits per heavy atom. The van der Waals surface area contributed by atoms with Gasteiger partial charge in [-0.15, -0.1) is 0 Å². The van der Waals surface area contributed by atoms with Crippen molar-refractivity contribution >= 4 is 35.4 Å². The molecule has 0 aliphatic rings. The summed E-state index contributed by atoms with van der Waals surface area (Å²) in [6, 6.07) is 0. The van der Waals surface area contributed by atoms with Gasteiger partial charge in [-0.3, -0.25) is 9.59 Å². The second-order valence-electron chi connectivity index (χ2n) is 7.78. The minimum absolute atomic E-state index is 0.00969. The van der Waals surface area contributed by atoms with Crippen LogP contribution in [-0.2, 0) is 19.1 Å². The van der Waals surface area contributed by atoms with Crippen molar-refractivity contribution in [1.82, 2.24) is 15.0 Å². The third-order valence-corrected chi connectivity index (χ3v) is 2.84. The molecule has 0 atom stereocenters. The minimum Gasteiger partial charge on any atom is -0.460 e. The average Bonchev–Trinajstić information content (AvgIpc) is 2.42. The average molecular weight is 402 g/mol. The number of anilines is 2. The first-order chi connectivity index (χ1) is 12.3. The van der Waals surface area contributed by atoms with Gasteiger partial charge in [0.25, 0.3) is 0 Å². The van der Waals surface area contributed by atoms with Crippen LogP contribution in [0.3, 0.4) is 0 Å². The summed E-state index contributed by atoms with van der Waals surface area (Å²) in [6.07, 6.45) is 0.309. The highest BCUT2D eigenvalue weighted by Crippen LogP contribution is 2.12. The molecule has 1 rings (SSSR count). The molecule has 1 aromatic heterocycles.